The van der Waals surface area contributed by atoms with Crippen LogP contribution >= 0.6 is 0 Å². The van der Waals surface area contributed by atoms with Gasteiger partial charge in [-0.15, -0.1) is 0 Å². The van der Waals surface area contributed by atoms with Crippen LogP contribution in [0.3, 0.4) is 0 Å². The van der Waals surface area contributed by atoms with Crippen molar-refractivity contribution in [3.8, 4) is 0 Å². The number of sulfonamides is 1. The topological polar surface area (TPSA) is 86.8 Å². The van der Waals surface area contributed by atoms with Gasteiger partial charge in [-0.1, -0.05) is 18.2 Å². The highest BCUT2D eigenvalue weighted by Crippen LogP contribution is 2.28. The van der Waals surface area contributed by atoms with E-state index in [4.69, 9.17) is 0 Å². The van der Waals surface area contributed by atoms with Crippen LogP contribution in [0, 0.1) is 5.82 Å². The Kier molecular flexibility index (Phi) is 5.57. The number of halogens is 1. The molecule has 30 heavy (non-hydrogen) atoms. The van der Waals surface area contributed by atoms with E-state index in [1.54, 1.807) is 6.07 Å². The van der Waals surface area contributed by atoms with E-state index in [0.717, 1.165) is 12.8 Å². The molecule has 2 aliphatic heterocycles. The molecule has 1 atom stereocenters. The number of carbonyl (C=O) groups excluding carboxylic acids is 2. The number of hydrogen-bond acceptors (Lipinski definition) is 4. The molecule has 2 heterocycles. The molecule has 0 radical (unpaired) electrons. The summed E-state index contributed by atoms with van der Waals surface area (Å²) in [6.07, 6.45) is 1.68. The lowest BCUT2D eigenvalue weighted by atomic mass is 10.0. The van der Waals surface area contributed by atoms with Gasteiger partial charge in [0.25, 0.3) is 5.91 Å². The summed E-state index contributed by atoms with van der Waals surface area (Å²) in [5, 5.41) is 2.67. The fraction of sp³-hybridized carbons (Fsp3) is 0.333. The number of amides is 2. The number of carbonyl (C=O) groups is 2. The third-order valence-electron chi connectivity index (χ3n) is 5.48. The molecule has 2 saturated heterocycles. The van der Waals surface area contributed by atoms with Crippen LogP contribution < -0.4 is 5.32 Å². The summed E-state index contributed by atoms with van der Waals surface area (Å²) >= 11 is 0. The molecule has 158 valence electrons. The SMILES string of the molecule is O=C1NCCN(C(=O)c2ccc(S(=O)(=O)N3CCCC3)cc2)C1c1ccccc1F. The van der Waals surface area contributed by atoms with E-state index in [2.05, 4.69) is 5.32 Å². The molecule has 0 saturated carbocycles. The molecule has 0 bridgehead atoms. The van der Waals surface area contributed by atoms with E-state index in [-0.39, 0.29) is 29.1 Å². The highest BCUT2D eigenvalue weighted by atomic mass is 32.2. The summed E-state index contributed by atoms with van der Waals surface area (Å²) in [5.41, 5.74) is 0.364. The van der Waals surface area contributed by atoms with E-state index < -0.39 is 33.7 Å². The second-order valence-corrected chi connectivity index (χ2v) is 9.29. The average molecular weight is 431 g/mol. The average Bonchev–Trinajstić information content (AvgIpc) is 3.30. The molecule has 1 N–H and O–H groups in total. The largest absolute Gasteiger partial charge is 0.352 e. The van der Waals surface area contributed by atoms with Crippen LogP contribution in [0.15, 0.2) is 53.4 Å². The van der Waals surface area contributed by atoms with Gasteiger partial charge in [0.05, 0.1) is 4.90 Å². The minimum Gasteiger partial charge on any atom is -0.352 e. The number of benzene rings is 2. The van der Waals surface area contributed by atoms with Gasteiger partial charge in [0.15, 0.2) is 0 Å². The van der Waals surface area contributed by atoms with Gasteiger partial charge in [0.1, 0.15) is 11.9 Å². The maximum atomic E-state index is 14.3. The van der Waals surface area contributed by atoms with Crippen LogP contribution in [-0.2, 0) is 14.8 Å². The summed E-state index contributed by atoms with van der Waals surface area (Å²) in [4.78, 5) is 27.0. The summed E-state index contributed by atoms with van der Waals surface area (Å²) in [6.45, 7) is 1.47. The van der Waals surface area contributed by atoms with Gasteiger partial charge in [0, 0.05) is 37.3 Å². The lowest BCUT2D eigenvalue weighted by Crippen LogP contribution is -2.52. The van der Waals surface area contributed by atoms with Gasteiger partial charge in [0.2, 0.25) is 15.9 Å². The zero-order valence-corrected chi connectivity index (χ0v) is 17.1. The van der Waals surface area contributed by atoms with Crippen molar-refractivity contribution in [2.75, 3.05) is 26.2 Å². The summed E-state index contributed by atoms with van der Waals surface area (Å²) < 4.78 is 41.1. The van der Waals surface area contributed by atoms with Crippen molar-refractivity contribution in [1.29, 1.82) is 0 Å². The predicted octanol–water partition coefficient (Wildman–Crippen LogP) is 1.92. The standard InChI is InChI=1S/C21H22FN3O4S/c22-18-6-2-1-5-17(18)19-20(26)23-11-14-25(19)21(27)15-7-9-16(10-8-15)30(28,29)24-12-3-4-13-24/h1-2,5-10,19H,3-4,11-14H2,(H,23,26). The molecule has 1 unspecified atom stereocenters. The summed E-state index contributed by atoms with van der Waals surface area (Å²) in [7, 11) is -3.58. The van der Waals surface area contributed by atoms with Gasteiger partial charge in [-0.05, 0) is 43.2 Å². The van der Waals surface area contributed by atoms with Crippen molar-refractivity contribution in [3.63, 3.8) is 0 Å². The molecular formula is C21H22FN3O4S. The van der Waals surface area contributed by atoms with Gasteiger partial charge in [-0.3, -0.25) is 9.59 Å². The number of rotatable bonds is 4. The van der Waals surface area contributed by atoms with E-state index in [1.165, 1.54) is 51.7 Å². The number of hydrogen-bond donors (Lipinski definition) is 1. The Morgan fingerprint density at radius 2 is 1.67 bits per heavy atom. The van der Waals surface area contributed by atoms with E-state index in [1.807, 2.05) is 0 Å². The maximum absolute atomic E-state index is 14.3. The van der Waals surface area contributed by atoms with Crippen molar-refractivity contribution in [3.05, 3.63) is 65.5 Å². The third-order valence-corrected chi connectivity index (χ3v) is 7.39. The molecule has 2 amide bonds. The van der Waals surface area contributed by atoms with Gasteiger partial charge < -0.3 is 10.2 Å². The van der Waals surface area contributed by atoms with Crippen LogP contribution in [0.5, 0.6) is 0 Å². The third kappa shape index (κ3) is 3.70. The second-order valence-electron chi connectivity index (χ2n) is 7.35. The lowest BCUT2D eigenvalue weighted by Gasteiger charge is -2.35. The van der Waals surface area contributed by atoms with Crippen LogP contribution in [0.4, 0.5) is 4.39 Å². The van der Waals surface area contributed by atoms with E-state index in [9.17, 15) is 22.4 Å². The molecule has 0 aliphatic carbocycles. The Labute approximate surface area is 174 Å². The highest BCUT2D eigenvalue weighted by Gasteiger charge is 2.36. The molecule has 0 aromatic heterocycles. The molecule has 0 spiro atoms. The van der Waals surface area contributed by atoms with Crippen molar-refractivity contribution >= 4 is 21.8 Å². The molecule has 2 aliphatic rings. The molecule has 2 aromatic carbocycles. The minimum absolute atomic E-state index is 0.122. The van der Waals surface area contributed by atoms with E-state index >= 15 is 0 Å². The zero-order chi connectivity index (χ0) is 21.3. The first-order valence-corrected chi connectivity index (χ1v) is 11.3. The Morgan fingerprint density at radius 1 is 1.00 bits per heavy atom. The molecule has 2 aromatic rings. The predicted molar refractivity (Wildman–Crippen MR) is 108 cm³/mol. The van der Waals surface area contributed by atoms with Crippen molar-refractivity contribution < 1.29 is 22.4 Å². The summed E-state index contributed by atoms with van der Waals surface area (Å²) in [6, 6.07) is 10.5. The van der Waals surface area contributed by atoms with Gasteiger partial charge >= 0.3 is 0 Å². The van der Waals surface area contributed by atoms with Crippen LogP contribution in [0.2, 0.25) is 0 Å². The van der Waals surface area contributed by atoms with Crippen molar-refractivity contribution in [1.82, 2.24) is 14.5 Å². The monoisotopic (exact) mass is 431 g/mol. The lowest BCUT2D eigenvalue weighted by molar-refractivity contribution is -0.128. The summed E-state index contributed by atoms with van der Waals surface area (Å²) in [5.74, 6) is -1.47. The quantitative estimate of drug-likeness (QED) is 0.802. The second kappa shape index (κ2) is 8.16. The number of piperazine rings is 1. The molecule has 9 heteroatoms. The van der Waals surface area contributed by atoms with Crippen LogP contribution in [-0.4, -0.2) is 55.6 Å². The van der Waals surface area contributed by atoms with Crippen molar-refractivity contribution in [2.45, 2.75) is 23.8 Å². The molecular weight excluding hydrogens is 409 g/mol. The zero-order valence-electron chi connectivity index (χ0n) is 16.3. The Hall–Kier alpha value is -2.78. The smallest absolute Gasteiger partial charge is 0.254 e. The van der Waals surface area contributed by atoms with Crippen LogP contribution in [0.25, 0.3) is 0 Å². The van der Waals surface area contributed by atoms with Gasteiger partial charge in [-0.2, -0.15) is 4.31 Å². The first kappa shape index (κ1) is 20.5. The molecule has 2 fully saturated rings. The Balaban J connectivity index is 1.61. The van der Waals surface area contributed by atoms with Crippen LogP contribution in [0.1, 0.15) is 34.8 Å². The normalized spacial score (nSPS) is 20.2. The number of nitrogens with zero attached hydrogens (tertiary/aromatic N) is 2. The minimum atomic E-state index is -3.58. The van der Waals surface area contributed by atoms with Gasteiger partial charge in [-0.25, -0.2) is 12.8 Å². The van der Waals surface area contributed by atoms with Crippen molar-refractivity contribution in [2.24, 2.45) is 0 Å². The fourth-order valence-electron chi connectivity index (χ4n) is 3.90. The first-order chi connectivity index (χ1) is 14.4. The Morgan fingerprint density at radius 3 is 2.33 bits per heavy atom. The molecule has 4 rings (SSSR count). The fourth-order valence-corrected chi connectivity index (χ4v) is 5.42. The highest BCUT2D eigenvalue weighted by molar-refractivity contribution is 7.89. The Bertz CT molecular complexity index is 1070. The molecule has 7 nitrogen and oxygen atoms in total. The maximum Gasteiger partial charge on any atom is 0.254 e. The first-order valence-electron chi connectivity index (χ1n) is 9.83. The number of nitrogens with one attached hydrogen (secondary N) is 1. The van der Waals surface area contributed by atoms with E-state index in [0.29, 0.717) is 13.1 Å².